The number of carbonyl (C=O) groups is 2. The molecule has 2 amide bonds. The highest BCUT2D eigenvalue weighted by Crippen LogP contribution is 2.36. The Morgan fingerprint density at radius 1 is 1.00 bits per heavy atom. The number of carbonyl (C=O) groups excluding carboxylic acids is 2. The smallest absolute Gasteiger partial charge is 0.410 e. The van der Waals surface area contributed by atoms with Gasteiger partial charge in [-0.15, -0.1) is 0 Å². The molecular formula is C25H28F2N2O5. The normalized spacial score (nSPS) is 21.9. The Morgan fingerprint density at radius 2 is 1.74 bits per heavy atom. The molecule has 0 aliphatic carbocycles. The van der Waals surface area contributed by atoms with Crippen molar-refractivity contribution in [3.63, 3.8) is 0 Å². The van der Waals surface area contributed by atoms with Crippen molar-refractivity contribution in [3.05, 3.63) is 65.7 Å². The van der Waals surface area contributed by atoms with E-state index in [1.807, 2.05) is 30.3 Å². The van der Waals surface area contributed by atoms with Crippen LogP contribution < -0.4 is 4.74 Å². The first kappa shape index (κ1) is 23.8. The zero-order valence-electron chi connectivity index (χ0n) is 19.4. The zero-order chi connectivity index (χ0) is 24.5. The summed E-state index contributed by atoms with van der Waals surface area (Å²) in [6.07, 6.45) is -1.20. The van der Waals surface area contributed by atoms with Crippen molar-refractivity contribution in [3.8, 4) is 5.75 Å². The Labute approximate surface area is 197 Å². The van der Waals surface area contributed by atoms with Crippen LogP contribution in [0.25, 0.3) is 0 Å². The Hall–Kier alpha value is -3.36. The van der Waals surface area contributed by atoms with Crippen LogP contribution in [-0.4, -0.2) is 58.9 Å². The third kappa shape index (κ3) is 5.24. The van der Waals surface area contributed by atoms with Gasteiger partial charge in [-0.05, 0) is 44.9 Å². The number of halogens is 2. The molecular weight excluding hydrogens is 446 g/mol. The van der Waals surface area contributed by atoms with Crippen molar-refractivity contribution in [2.45, 2.75) is 57.6 Å². The summed E-state index contributed by atoms with van der Waals surface area (Å²) in [4.78, 5) is 28.9. The lowest BCUT2D eigenvalue weighted by atomic mass is 10.1. The molecule has 0 saturated carbocycles. The van der Waals surface area contributed by atoms with Crippen LogP contribution in [0.15, 0.2) is 48.5 Å². The molecule has 2 aromatic rings. The Morgan fingerprint density at radius 3 is 2.41 bits per heavy atom. The van der Waals surface area contributed by atoms with Crippen molar-refractivity contribution in [2.75, 3.05) is 13.1 Å². The van der Waals surface area contributed by atoms with E-state index in [9.17, 15) is 18.4 Å². The largest absolute Gasteiger partial charge is 0.486 e. The van der Waals surface area contributed by atoms with Crippen LogP contribution in [0.1, 0.15) is 32.8 Å². The third-order valence-corrected chi connectivity index (χ3v) is 5.82. The molecule has 7 nitrogen and oxygen atoms in total. The van der Waals surface area contributed by atoms with Crippen LogP contribution in [0.2, 0.25) is 0 Å². The quantitative estimate of drug-likeness (QED) is 0.640. The zero-order valence-corrected chi connectivity index (χ0v) is 19.4. The molecule has 2 aliphatic heterocycles. The predicted octanol–water partition coefficient (Wildman–Crippen LogP) is 4.74. The van der Waals surface area contributed by atoms with E-state index in [-0.39, 0.29) is 24.9 Å². The highest BCUT2D eigenvalue weighted by Gasteiger charge is 2.54. The van der Waals surface area contributed by atoms with Gasteiger partial charge >= 0.3 is 12.2 Å². The van der Waals surface area contributed by atoms with Crippen LogP contribution in [0, 0.1) is 11.6 Å². The molecule has 0 aromatic heterocycles. The monoisotopic (exact) mass is 474 g/mol. The van der Waals surface area contributed by atoms with Crippen molar-refractivity contribution < 1.29 is 32.6 Å². The molecule has 0 bridgehead atoms. The summed E-state index contributed by atoms with van der Waals surface area (Å²) in [5.74, 6) is -1.92. The fraction of sp³-hybridized carbons (Fsp3) is 0.440. The summed E-state index contributed by atoms with van der Waals surface area (Å²) in [5.41, 5.74) is 0.154. The number of likely N-dealkylation sites (tertiary alicyclic amines) is 2. The van der Waals surface area contributed by atoms with Gasteiger partial charge in [0.2, 0.25) is 0 Å². The minimum absolute atomic E-state index is 0.109. The van der Waals surface area contributed by atoms with E-state index in [4.69, 9.17) is 14.2 Å². The van der Waals surface area contributed by atoms with Gasteiger partial charge in [-0.1, -0.05) is 30.3 Å². The van der Waals surface area contributed by atoms with Gasteiger partial charge in [-0.3, -0.25) is 9.80 Å². The summed E-state index contributed by atoms with van der Waals surface area (Å²) < 4.78 is 44.2. The number of benzene rings is 2. The van der Waals surface area contributed by atoms with Crippen molar-refractivity contribution in [2.24, 2.45) is 0 Å². The number of hydrogen-bond acceptors (Lipinski definition) is 5. The highest BCUT2D eigenvalue weighted by molar-refractivity contribution is 5.72. The van der Waals surface area contributed by atoms with E-state index >= 15 is 0 Å². The minimum atomic E-state index is -1.04. The number of amides is 2. The first-order chi connectivity index (χ1) is 16.1. The van der Waals surface area contributed by atoms with E-state index in [2.05, 4.69) is 0 Å². The molecule has 9 heteroatoms. The van der Waals surface area contributed by atoms with Gasteiger partial charge in [0.25, 0.3) is 0 Å². The summed E-state index contributed by atoms with van der Waals surface area (Å²) in [6.45, 7) is 5.92. The Kier molecular flexibility index (Phi) is 6.63. The summed E-state index contributed by atoms with van der Waals surface area (Å²) in [7, 11) is 0. The van der Waals surface area contributed by atoms with Crippen LogP contribution >= 0.6 is 0 Å². The van der Waals surface area contributed by atoms with E-state index in [1.54, 1.807) is 30.6 Å². The van der Waals surface area contributed by atoms with Gasteiger partial charge < -0.3 is 14.2 Å². The van der Waals surface area contributed by atoms with E-state index in [0.29, 0.717) is 13.0 Å². The van der Waals surface area contributed by atoms with Crippen LogP contribution in [0.5, 0.6) is 5.75 Å². The number of nitrogens with zero attached hydrogens (tertiary/aromatic N) is 2. The Balaban J connectivity index is 1.53. The average Bonchev–Trinajstić information content (AvgIpc) is 3.36. The summed E-state index contributed by atoms with van der Waals surface area (Å²) >= 11 is 0. The molecule has 2 aliphatic rings. The van der Waals surface area contributed by atoms with Gasteiger partial charge in [0.05, 0.1) is 18.6 Å². The fourth-order valence-corrected chi connectivity index (χ4v) is 4.40. The SMILES string of the molecule is CC(C)(C)OC(=O)N1CC(Oc2ccc(F)c(F)c2)C2C1CCN2C(=O)OCc1ccccc1. The molecule has 2 fully saturated rings. The molecule has 2 aromatic carbocycles. The van der Waals surface area contributed by atoms with Gasteiger partial charge in [0, 0.05) is 12.6 Å². The summed E-state index contributed by atoms with van der Waals surface area (Å²) in [5, 5.41) is 0. The second-order valence-corrected chi connectivity index (χ2v) is 9.45. The molecule has 182 valence electrons. The minimum Gasteiger partial charge on any atom is -0.486 e. The maximum atomic E-state index is 13.8. The molecule has 0 radical (unpaired) electrons. The molecule has 3 unspecified atom stereocenters. The second-order valence-electron chi connectivity index (χ2n) is 9.45. The standard InChI is InChI=1S/C25H28F2N2O5/c1-25(2,3)34-24(31)29-14-21(33-17-9-10-18(26)19(27)13-17)22-20(29)11-12-28(22)23(30)32-15-16-7-5-4-6-8-16/h4-10,13,20-22H,11-12,14-15H2,1-3H3. The number of ether oxygens (including phenoxy) is 3. The lowest BCUT2D eigenvalue weighted by molar-refractivity contribution is 0.0212. The van der Waals surface area contributed by atoms with Crippen molar-refractivity contribution in [1.29, 1.82) is 0 Å². The van der Waals surface area contributed by atoms with Gasteiger partial charge in [0.1, 0.15) is 24.1 Å². The highest BCUT2D eigenvalue weighted by atomic mass is 19.2. The number of fused-ring (bicyclic) bond motifs is 1. The molecule has 0 N–H and O–H groups in total. The third-order valence-electron chi connectivity index (χ3n) is 5.82. The molecule has 0 spiro atoms. The molecule has 4 rings (SSSR count). The number of hydrogen-bond donors (Lipinski definition) is 0. The molecule has 3 atom stereocenters. The van der Waals surface area contributed by atoms with Crippen LogP contribution in [-0.2, 0) is 16.1 Å². The first-order valence-corrected chi connectivity index (χ1v) is 11.2. The predicted molar refractivity (Wildman–Crippen MR) is 119 cm³/mol. The lowest BCUT2D eigenvalue weighted by Crippen LogP contribution is -2.47. The maximum absolute atomic E-state index is 13.8. The van der Waals surface area contributed by atoms with Crippen molar-refractivity contribution >= 4 is 12.2 Å². The summed E-state index contributed by atoms with van der Waals surface area (Å²) in [6, 6.07) is 11.7. The van der Waals surface area contributed by atoms with Gasteiger partial charge in [-0.25, -0.2) is 18.4 Å². The van der Waals surface area contributed by atoms with E-state index < -0.39 is 41.6 Å². The van der Waals surface area contributed by atoms with Gasteiger partial charge in [0.15, 0.2) is 11.6 Å². The molecule has 2 saturated heterocycles. The molecule has 34 heavy (non-hydrogen) atoms. The second kappa shape index (κ2) is 9.48. The first-order valence-electron chi connectivity index (χ1n) is 11.2. The van der Waals surface area contributed by atoms with Crippen LogP contribution in [0.4, 0.5) is 18.4 Å². The maximum Gasteiger partial charge on any atom is 0.410 e. The average molecular weight is 475 g/mol. The van der Waals surface area contributed by atoms with E-state index in [1.165, 1.54) is 6.07 Å². The molecule has 2 heterocycles. The topological polar surface area (TPSA) is 68.3 Å². The van der Waals surface area contributed by atoms with Gasteiger partial charge in [-0.2, -0.15) is 0 Å². The van der Waals surface area contributed by atoms with E-state index in [0.717, 1.165) is 17.7 Å². The lowest BCUT2D eigenvalue weighted by Gasteiger charge is -2.28. The van der Waals surface area contributed by atoms with Crippen LogP contribution in [0.3, 0.4) is 0 Å². The number of rotatable bonds is 4. The fourth-order valence-electron chi connectivity index (χ4n) is 4.40. The van der Waals surface area contributed by atoms with Crippen molar-refractivity contribution in [1.82, 2.24) is 9.80 Å². The Bertz CT molecular complexity index is 1040.